The van der Waals surface area contributed by atoms with Crippen molar-refractivity contribution in [3.8, 4) is 5.75 Å². The molecule has 0 radical (unpaired) electrons. The maximum atomic E-state index is 11.9. The number of carbonyl (C=O) groups is 1. The molecule has 4 heteroatoms. The van der Waals surface area contributed by atoms with Crippen molar-refractivity contribution in [2.45, 2.75) is 52.1 Å². The van der Waals surface area contributed by atoms with Gasteiger partial charge in [0.1, 0.15) is 5.75 Å². The van der Waals surface area contributed by atoms with Crippen molar-refractivity contribution in [1.29, 1.82) is 0 Å². The number of hydrogen-bond donors (Lipinski definition) is 3. The molecule has 0 spiro atoms. The molecule has 0 aliphatic carbocycles. The number of allylic oxidation sites excluding steroid dienone is 2. The molecule has 1 aromatic carbocycles. The van der Waals surface area contributed by atoms with Crippen LogP contribution < -0.4 is 0 Å². The van der Waals surface area contributed by atoms with E-state index in [2.05, 4.69) is 6.92 Å². The van der Waals surface area contributed by atoms with Gasteiger partial charge in [-0.05, 0) is 49.0 Å². The number of rotatable bonds is 11. The van der Waals surface area contributed by atoms with Crippen LogP contribution in [0.4, 0.5) is 0 Å². The SMILES string of the molecule is CCCCC(CO)C/C=C/C(=O)CCc1ccc(O)c(CO)c1. The van der Waals surface area contributed by atoms with Crippen LogP contribution in [0.5, 0.6) is 5.75 Å². The monoisotopic (exact) mass is 320 g/mol. The lowest BCUT2D eigenvalue weighted by atomic mass is 9.98. The van der Waals surface area contributed by atoms with E-state index in [1.807, 2.05) is 6.08 Å². The Kier molecular flexibility index (Phi) is 9.25. The molecule has 0 aromatic heterocycles. The standard InChI is InChI=1S/C19H28O4/c1-2-3-5-16(13-20)6-4-7-18(22)10-8-15-9-11-19(23)17(12-15)14-21/h4,7,9,11-12,16,20-21,23H,2-3,5-6,8,10,13-14H2,1H3/b7-4+. The summed E-state index contributed by atoms with van der Waals surface area (Å²) in [5, 5.41) is 27.9. The van der Waals surface area contributed by atoms with Crippen LogP contribution in [0.2, 0.25) is 0 Å². The normalized spacial score (nSPS) is 12.7. The van der Waals surface area contributed by atoms with E-state index in [4.69, 9.17) is 5.11 Å². The van der Waals surface area contributed by atoms with E-state index in [-0.39, 0.29) is 30.7 Å². The minimum absolute atomic E-state index is 0.0517. The van der Waals surface area contributed by atoms with E-state index in [9.17, 15) is 15.0 Å². The molecule has 128 valence electrons. The van der Waals surface area contributed by atoms with Crippen LogP contribution in [0.3, 0.4) is 0 Å². The summed E-state index contributed by atoms with van der Waals surface area (Å²) in [6, 6.07) is 5.03. The molecule has 4 nitrogen and oxygen atoms in total. The van der Waals surface area contributed by atoms with E-state index in [0.717, 1.165) is 31.2 Å². The summed E-state index contributed by atoms with van der Waals surface area (Å²) in [6.45, 7) is 2.07. The van der Waals surface area contributed by atoms with Gasteiger partial charge in [-0.15, -0.1) is 0 Å². The second kappa shape index (κ2) is 11.0. The first kappa shape index (κ1) is 19.4. The van der Waals surface area contributed by atoms with Crippen molar-refractivity contribution in [2.75, 3.05) is 6.61 Å². The van der Waals surface area contributed by atoms with Crippen molar-refractivity contribution in [2.24, 2.45) is 5.92 Å². The lowest BCUT2D eigenvalue weighted by molar-refractivity contribution is -0.114. The zero-order chi connectivity index (χ0) is 17.1. The van der Waals surface area contributed by atoms with Gasteiger partial charge in [0, 0.05) is 18.6 Å². The third-order valence-corrected chi connectivity index (χ3v) is 3.97. The Bertz CT molecular complexity index is 508. The summed E-state index contributed by atoms with van der Waals surface area (Å²) in [5.41, 5.74) is 1.40. The van der Waals surface area contributed by atoms with E-state index in [0.29, 0.717) is 18.4 Å². The number of unbranched alkanes of at least 4 members (excludes halogenated alkanes) is 1. The van der Waals surface area contributed by atoms with Crippen LogP contribution in [0, 0.1) is 5.92 Å². The highest BCUT2D eigenvalue weighted by molar-refractivity contribution is 5.89. The Hall–Kier alpha value is -1.65. The third kappa shape index (κ3) is 7.44. The van der Waals surface area contributed by atoms with Crippen LogP contribution >= 0.6 is 0 Å². The molecule has 0 bridgehead atoms. The van der Waals surface area contributed by atoms with E-state index >= 15 is 0 Å². The molecule has 1 rings (SSSR count). The van der Waals surface area contributed by atoms with Crippen molar-refractivity contribution in [3.05, 3.63) is 41.5 Å². The van der Waals surface area contributed by atoms with Gasteiger partial charge < -0.3 is 15.3 Å². The van der Waals surface area contributed by atoms with Crippen molar-refractivity contribution < 1.29 is 20.1 Å². The summed E-state index contributed by atoms with van der Waals surface area (Å²) < 4.78 is 0. The van der Waals surface area contributed by atoms with Crippen LogP contribution in [-0.4, -0.2) is 27.7 Å². The van der Waals surface area contributed by atoms with Crippen molar-refractivity contribution in [1.82, 2.24) is 0 Å². The van der Waals surface area contributed by atoms with Gasteiger partial charge in [-0.2, -0.15) is 0 Å². The minimum Gasteiger partial charge on any atom is -0.508 e. The lowest BCUT2D eigenvalue weighted by Crippen LogP contribution is -2.05. The predicted molar refractivity (Wildman–Crippen MR) is 91.2 cm³/mol. The summed E-state index contributed by atoms with van der Waals surface area (Å²) >= 11 is 0. The van der Waals surface area contributed by atoms with Gasteiger partial charge in [-0.1, -0.05) is 31.9 Å². The average molecular weight is 320 g/mol. The fourth-order valence-electron chi connectivity index (χ4n) is 2.44. The third-order valence-electron chi connectivity index (χ3n) is 3.97. The number of benzene rings is 1. The fourth-order valence-corrected chi connectivity index (χ4v) is 2.44. The molecule has 1 aromatic rings. The second-order valence-corrected chi connectivity index (χ2v) is 5.92. The van der Waals surface area contributed by atoms with Gasteiger partial charge in [0.15, 0.2) is 5.78 Å². The van der Waals surface area contributed by atoms with Crippen LogP contribution in [0.1, 0.15) is 50.2 Å². The Balaban J connectivity index is 2.40. The number of carbonyl (C=O) groups excluding carboxylic acids is 1. The maximum Gasteiger partial charge on any atom is 0.155 e. The number of ketones is 1. The Labute approximate surface area is 138 Å². The molecule has 0 saturated heterocycles. The van der Waals surface area contributed by atoms with Gasteiger partial charge in [0.2, 0.25) is 0 Å². The second-order valence-electron chi connectivity index (χ2n) is 5.92. The number of aryl methyl sites for hydroxylation is 1. The topological polar surface area (TPSA) is 77.8 Å². The number of aliphatic hydroxyl groups excluding tert-OH is 2. The van der Waals surface area contributed by atoms with Gasteiger partial charge >= 0.3 is 0 Å². The smallest absolute Gasteiger partial charge is 0.155 e. The fraction of sp³-hybridized carbons (Fsp3) is 0.526. The molecule has 1 atom stereocenters. The molecule has 3 N–H and O–H groups in total. The molecule has 23 heavy (non-hydrogen) atoms. The first-order chi connectivity index (χ1) is 11.1. The highest BCUT2D eigenvalue weighted by Gasteiger charge is 2.06. The van der Waals surface area contributed by atoms with Gasteiger partial charge in [0.25, 0.3) is 0 Å². The molecule has 0 amide bonds. The largest absolute Gasteiger partial charge is 0.508 e. The molecular weight excluding hydrogens is 292 g/mol. The quantitative estimate of drug-likeness (QED) is 0.547. The Morgan fingerprint density at radius 2 is 2.09 bits per heavy atom. The zero-order valence-electron chi connectivity index (χ0n) is 13.9. The Morgan fingerprint density at radius 3 is 2.74 bits per heavy atom. The number of phenols is 1. The van der Waals surface area contributed by atoms with E-state index < -0.39 is 0 Å². The predicted octanol–water partition coefficient (Wildman–Crippen LogP) is 3.13. The first-order valence-electron chi connectivity index (χ1n) is 8.32. The van der Waals surface area contributed by atoms with Crippen LogP contribution in [-0.2, 0) is 17.8 Å². The molecule has 0 fully saturated rings. The summed E-state index contributed by atoms with van der Waals surface area (Å²) in [4.78, 5) is 11.9. The van der Waals surface area contributed by atoms with Gasteiger partial charge in [-0.25, -0.2) is 0 Å². The minimum atomic E-state index is -0.214. The van der Waals surface area contributed by atoms with Crippen molar-refractivity contribution >= 4 is 5.78 Å². The molecule has 0 aliphatic rings. The average Bonchev–Trinajstić information content (AvgIpc) is 2.57. The molecular formula is C19H28O4. The molecule has 0 saturated carbocycles. The summed E-state index contributed by atoms with van der Waals surface area (Å²) in [6.07, 6.45) is 8.36. The molecule has 0 aliphatic heterocycles. The summed E-state index contributed by atoms with van der Waals surface area (Å²) in [7, 11) is 0. The zero-order valence-corrected chi connectivity index (χ0v) is 13.9. The highest BCUT2D eigenvalue weighted by Crippen LogP contribution is 2.19. The van der Waals surface area contributed by atoms with E-state index in [1.54, 1.807) is 24.3 Å². The molecule has 1 unspecified atom stereocenters. The first-order valence-corrected chi connectivity index (χ1v) is 8.32. The van der Waals surface area contributed by atoms with Crippen LogP contribution in [0.15, 0.2) is 30.4 Å². The maximum absolute atomic E-state index is 11.9. The van der Waals surface area contributed by atoms with Crippen LogP contribution in [0.25, 0.3) is 0 Å². The number of hydrogen-bond acceptors (Lipinski definition) is 4. The Morgan fingerprint density at radius 1 is 1.30 bits per heavy atom. The van der Waals surface area contributed by atoms with Gasteiger partial charge in [0.05, 0.1) is 6.61 Å². The number of aliphatic hydroxyl groups is 2. The van der Waals surface area contributed by atoms with E-state index in [1.165, 1.54) is 0 Å². The van der Waals surface area contributed by atoms with Crippen molar-refractivity contribution in [3.63, 3.8) is 0 Å². The lowest BCUT2D eigenvalue weighted by Gasteiger charge is -2.10. The molecule has 0 heterocycles. The summed E-state index contributed by atoms with van der Waals surface area (Å²) in [5.74, 6) is 0.364. The highest BCUT2D eigenvalue weighted by atomic mass is 16.3. The van der Waals surface area contributed by atoms with Gasteiger partial charge in [-0.3, -0.25) is 4.79 Å². The number of aromatic hydroxyl groups is 1.